The lowest BCUT2D eigenvalue weighted by molar-refractivity contribution is 0.0402. The van der Waals surface area contributed by atoms with Gasteiger partial charge in [-0.25, -0.2) is 4.98 Å². The van der Waals surface area contributed by atoms with Crippen LogP contribution in [-0.4, -0.2) is 34.2 Å². The summed E-state index contributed by atoms with van der Waals surface area (Å²) < 4.78 is 6.01. The number of rotatable bonds is 5. The maximum Gasteiger partial charge on any atom is 0.209 e. The molecule has 1 aromatic carbocycles. The number of aliphatic hydroxyl groups excluding tert-OH is 1. The summed E-state index contributed by atoms with van der Waals surface area (Å²) in [5, 5.41) is 10.6. The van der Waals surface area contributed by atoms with E-state index in [1.807, 2.05) is 31.2 Å². The Labute approximate surface area is 148 Å². The normalized spacial score (nSPS) is 24.0. The van der Waals surface area contributed by atoms with Gasteiger partial charge < -0.3 is 9.52 Å². The second-order valence-corrected chi connectivity index (χ2v) is 7.55. The number of hydrogen-bond acceptors (Lipinski definition) is 4. The molecule has 5 heteroatoms. The van der Waals surface area contributed by atoms with Gasteiger partial charge in [0.05, 0.1) is 18.8 Å². The fourth-order valence-electron chi connectivity index (χ4n) is 3.74. The smallest absolute Gasteiger partial charge is 0.209 e. The first kappa shape index (κ1) is 17.5. The monoisotopic (exact) mass is 348 g/mol. The fourth-order valence-corrected chi connectivity index (χ4v) is 3.86. The predicted molar refractivity (Wildman–Crippen MR) is 96.0 cm³/mol. The van der Waals surface area contributed by atoms with Gasteiger partial charge in [-0.05, 0) is 63.4 Å². The summed E-state index contributed by atoms with van der Waals surface area (Å²) in [6.45, 7) is 4.98. The molecular weight excluding hydrogens is 324 g/mol. The zero-order valence-corrected chi connectivity index (χ0v) is 15.3. The van der Waals surface area contributed by atoms with Crippen LogP contribution in [0.3, 0.4) is 0 Å². The quantitative estimate of drug-likeness (QED) is 0.875. The van der Waals surface area contributed by atoms with E-state index in [0.29, 0.717) is 23.4 Å². The van der Waals surface area contributed by atoms with Crippen LogP contribution in [0.1, 0.15) is 37.8 Å². The van der Waals surface area contributed by atoms with Crippen molar-refractivity contribution < 1.29 is 9.52 Å². The highest BCUT2D eigenvalue weighted by atomic mass is 35.5. The van der Waals surface area contributed by atoms with Gasteiger partial charge in [0.15, 0.2) is 5.76 Å². The minimum atomic E-state index is -0.151. The van der Waals surface area contributed by atoms with Crippen LogP contribution in [0.2, 0.25) is 5.02 Å². The van der Waals surface area contributed by atoms with Gasteiger partial charge in [-0.1, -0.05) is 18.5 Å². The predicted octanol–water partition coefficient (Wildman–Crippen LogP) is 4.29. The molecule has 1 aliphatic rings. The number of hydrogen-bond donors (Lipinski definition) is 1. The van der Waals surface area contributed by atoms with Crippen LogP contribution < -0.4 is 0 Å². The third-order valence-electron chi connectivity index (χ3n) is 5.25. The van der Waals surface area contributed by atoms with E-state index in [1.165, 1.54) is 0 Å². The third-order valence-corrected chi connectivity index (χ3v) is 5.51. The first-order chi connectivity index (χ1) is 11.4. The minimum absolute atomic E-state index is 0.151. The first-order valence-corrected chi connectivity index (χ1v) is 8.86. The molecule has 0 saturated heterocycles. The van der Waals surface area contributed by atoms with Crippen molar-refractivity contribution in [1.82, 2.24) is 9.88 Å². The number of aromatic nitrogens is 1. The van der Waals surface area contributed by atoms with Gasteiger partial charge in [0.1, 0.15) is 0 Å². The average molecular weight is 349 g/mol. The Balaban J connectivity index is 1.79. The van der Waals surface area contributed by atoms with E-state index in [0.717, 1.165) is 36.3 Å². The molecule has 0 radical (unpaired) electrons. The average Bonchev–Trinajstić information content (AvgIpc) is 3.12. The summed E-state index contributed by atoms with van der Waals surface area (Å²) in [6.07, 6.45) is 3.19. The van der Waals surface area contributed by atoms with E-state index >= 15 is 0 Å². The lowest BCUT2D eigenvalue weighted by Gasteiger charge is -2.36. The molecule has 24 heavy (non-hydrogen) atoms. The molecule has 1 heterocycles. The van der Waals surface area contributed by atoms with Gasteiger partial charge in [0.2, 0.25) is 5.89 Å². The minimum Gasteiger partial charge on any atom is -0.439 e. The summed E-state index contributed by atoms with van der Waals surface area (Å²) in [5.74, 6) is 2.12. The van der Waals surface area contributed by atoms with Crippen molar-refractivity contribution in [3.8, 4) is 11.3 Å². The fraction of sp³-hybridized carbons (Fsp3) is 0.526. The van der Waals surface area contributed by atoms with Crippen LogP contribution in [0, 0.1) is 12.8 Å². The Bertz CT molecular complexity index is 698. The maximum absolute atomic E-state index is 9.94. The number of benzene rings is 1. The van der Waals surface area contributed by atoms with Gasteiger partial charge in [0, 0.05) is 16.1 Å². The molecule has 0 aliphatic heterocycles. The molecule has 3 rings (SSSR count). The molecule has 0 bridgehead atoms. The van der Waals surface area contributed by atoms with Gasteiger partial charge in [-0.15, -0.1) is 0 Å². The first-order valence-electron chi connectivity index (χ1n) is 8.48. The zero-order valence-electron chi connectivity index (χ0n) is 14.6. The number of aryl methyl sites for hydroxylation is 1. The Morgan fingerprint density at radius 2 is 2.08 bits per heavy atom. The lowest BCUT2D eigenvalue weighted by Crippen LogP contribution is -2.47. The maximum atomic E-state index is 9.94. The van der Waals surface area contributed by atoms with Crippen LogP contribution in [0.15, 0.2) is 28.7 Å². The van der Waals surface area contributed by atoms with Crippen LogP contribution in [-0.2, 0) is 6.54 Å². The highest BCUT2D eigenvalue weighted by Crippen LogP contribution is 2.39. The standard InChI is InChI=1S/C19H25ClN2O2/c1-13-8-9-19(10-13,12-23)22(3)11-17-21-14(2)18(24-17)15-4-6-16(20)7-5-15/h4-7,13,23H,8-12H2,1-3H3/t13-,19-/m1/s1. The zero-order chi connectivity index (χ0) is 17.3. The molecule has 0 unspecified atom stereocenters. The molecule has 130 valence electrons. The van der Waals surface area contributed by atoms with E-state index in [9.17, 15) is 5.11 Å². The van der Waals surface area contributed by atoms with Crippen LogP contribution in [0.4, 0.5) is 0 Å². The molecule has 1 fully saturated rings. The molecule has 0 amide bonds. The van der Waals surface area contributed by atoms with Crippen molar-refractivity contribution in [3.05, 3.63) is 40.9 Å². The number of halogens is 1. The second kappa shape index (κ2) is 6.87. The second-order valence-electron chi connectivity index (χ2n) is 7.12. The Kier molecular flexibility index (Phi) is 5.00. The Morgan fingerprint density at radius 1 is 1.38 bits per heavy atom. The summed E-state index contributed by atoms with van der Waals surface area (Å²) >= 11 is 5.95. The molecule has 1 saturated carbocycles. The molecule has 1 aromatic heterocycles. The van der Waals surface area contributed by atoms with Crippen molar-refractivity contribution in [2.24, 2.45) is 5.92 Å². The molecule has 2 aromatic rings. The SMILES string of the molecule is Cc1nc(CN(C)[C@]2(CO)CC[C@@H](C)C2)oc1-c1ccc(Cl)cc1. The van der Waals surface area contributed by atoms with Gasteiger partial charge in [-0.3, -0.25) is 4.90 Å². The van der Waals surface area contributed by atoms with Crippen molar-refractivity contribution >= 4 is 11.6 Å². The summed E-state index contributed by atoms with van der Waals surface area (Å²) in [6, 6.07) is 7.59. The lowest BCUT2D eigenvalue weighted by atomic mass is 9.95. The molecule has 4 nitrogen and oxygen atoms in total. The van der Waals surface area contributed by atoms with E-state index in [1.54, 1.807) is 0 Å². The van der Waals surface area contributed by atoms with E-state index in [-0.39, 0.29) is 12.1 Å². The van der Waals surface area contributed by atoms with Crippen molar-refractivity contribution in [2.75, 3.05) is 13.7 Å². The summed E-state index contributed by atoms with van der Waals surface area (Å²) in [7, 11) is 2.05. The number of likely N-dealkylation sites (N-methyl/N-ethyl adjacent to an activating group) is 1. The van der Waals surface area contributed by atoms with Gasteiger partial charge in [0.25, 0.3) is 0 Å². The van der Waals surface area contributed by atoms with Crippen LogP contribution >= 0.6 is 11.6 Å². The molecule has 0 spiro atoms. The summed E-state index contributed by atoms with van der Waals surface area (Å²) in [4.78, 5) is 6.78. The van der Waals surface area contributed by atoms with Gasteiger partial charge in [-0.2, -0.15) is 0 Å². The molecule has 1 aliphatic carbocycles. The highest BCUT2D eigenvalue weighted by molar-refractivity contribution is 6.30. The summed E-state index contributed by atoms with van der Waals surface area (Å²) in [5.41, 5.74) is 1.70. The van der Waals surface area contributed by atoms with E-state index in [4.69, 9.17) is 16.0 Å². The largest absolute Gasteiger partial charge is 0.439 e. The highest BCUT2D eigenvalue weighted by Gasteiger charge is 2.40. The number of aliphatic hydroxyl groups is 1. The Hall–Kier alpha value is -1.36. The van der Waals surface area contributed by atoms with Crippen LogP contribution in [0.5, 0.6) is 0 Å². The Morgan fingerprint density at radius 3 is 2.67 bits per heavy atom. The van der Waals surface area contributed by atoms with E-state index in [2.05, 4.69) is 23.9 Å². The molecule has 2 atom stereocenters. The van der Waals surface area contributed by atoms with Crippen molar-refractivity contribution in [1.29, 1.82) is 0 Å². The van der Waals surface area contributed by atoms with Crippen molar-refractivity contribution in [2.45, 2.75) is 45.2 Å². The van der Waals surface area contributed by atoms with E-state index < -0.39 is 0 Å². The topological polar surface area (TPSA) is 49.5 Å². The van der Waals surface area contributed by atoms with Crippen molar-refractivity contribution in [3.63, 3.8) is 0 Å². The number of oxazole rings is 1. The molecule has 1 N–H and O–H groups in total. The molecular formula is C19H25ClN2O2. The third kappa shape index (κ3) is 3.37. The van der Waals surface area contributed by atoms with Crippen LogP contribution in [0.25, 0.3) is 11.3 Å². The number of nitrogens with zero attached hydrogens (tertiary/aromatic N) is 2. The van der Waals surface area contributed by atoms with Gasteiger partial charge >= 0.3 is 0 Å².